The Morgan fingerprint density at radius 2 is 1.55 bits per heavy atom. The molecule has 65 heavy (non-hydrogen) atoms. The highest BCUT2D eigenvalue weighted by molar-refractivity contribution is 5.80. The van der Waals surface area contributed by atoms with Crippen LogP contribution in [-0.2, 0) is 16.0 Å². The summed E-state index contributed by atoms with van der Waals surface area (Å²) in [5.41, 5.74) is 13.3. The number of aromatic amines is 1. The van der Waals surface area contributed by atoms with Gasteiger partial charge in [0.05, 0.1) is 12.7 Å². The molecule has 0 bridgehead atoms. The van der Waals surface area contributed by atoms with Gasteiger partial charge in [-0.25, -0.2) is 9.78 Å². The lowest BCUT2D eigenvalue weighted by Gasteiger charge is -2.58. The number of allylic oxidation sites excluding steroid dienone is 1. The van der Waals surface area contributed by atoms with Crippen LogP contribution in [0.2, 0.25) is 0 Å². The minimum Gasteiger partial charge on any atom is -0.446 e. The summed E-state index contributed by atoms with van der Waals surface area (Å²) in [6, 6.07) is -0.369. The van der Waals surface area contributed by atoms with E-state index in [0.29, 0.717) is 31.5 Å². The molecular formula is C53H100N9O3+. The van der Waals surface area contributed by atoms with Gasteiger partial charge in [-0.3, -0.25) is 9.69 Å². The number of fused-ring (bicyclic) bond motifs is 5. The maximum atomic E-state index is 13.4. The molecule has 0 aromatic carbocycles. The second kappa shape index (κ2) is 28.1. The number of unbranched alkanes of at least 4 members (excludes halogenated alkanes) is 1. The van der Waals surface area contributed by atoms with E-state index in [1.807, 2.05) is 13.8 Å². The molecule has 3 fully saturated rings. The minimum atomic E-state index is -0.369. The largest absolute Gasteiger partial charge is 0.446 e. The molecule has 2 amide bonds. The molecule has 12 nitrogen and oxygen atoms in total. The highest BCUT2D eigenvalue weighted by Crippen LogP contribution is 2.67. The van der Waals surface area contributed by atoms with Crippen molar-refractivity contribution in [3.63, 3.8) is 0 Å². The summed E-state index contributed by atoms with van der Waals surface area (Å²) in [7, 11) is 0. The normalized spacial score (nSPS) is 27.1. The monoisotopic (exact) mass is 911 g/mol. The number of carbonyl (C=O) groups excluding carboxylic acids is 2. The van der Waals surface area contributed by atoms with E-state index in [9.17, 15) is 9.59 Å². The van der Waals surface area contributed by atoms with Crippen molar-refractivity contribution < 1.29 is 20.1 Å². The topological polar surface area (TPSA) is 159 Å². The number of imidazole rings is 1. The van der Waals surface area contributed by atoms with Crippen LogP contribution in [0.25, 0.3) is 0 Å². The second-order valence-electron chi connectivity index (χ2n) is 21.4. The van der Waals surface area contributed by atoms with Crippen molar-refractivity contribution in [3.05, 3.63) is 29.9 Å². The van der Waals surface area contributed by atoms with Crippen LogP contribution in [0.3, 0.4) is 0 Å². The average molecular weight is 911 g/mol. The Morgan fingerprint density at radius 3 is 2.20 bits per heavy atom. The first-order chi connectivity index (χ1) is 31.3. The molecule has 1 aromatic rings. The molecule has 5 rings (SSSR count). The fraction of sp³-hybridized carbons (Fsp3) is 0.868. The third kappa shape index (κ3) is 16.0. The number of hydrogen-bond donors (Lipinski definition) is 5. The standard InChI is InChI=1S/C51H93N9O3.C2H6/c1-8-10-26-59(28-23-55-48(61)47(53)35-41-36-54-37-57-41)31-33-60(32-30-58(25-9-2)27-22-52)29-24-56-49(62)63-42-18-20-50(6)40(34-42)14-15-43-45-17-16-44(39(5)13-11-12-38(3)4)51(45,7)21-19-46(43)50;1-2/h14,36-39,42-47H,8-13,15-35,52-53H2,1-7H3,(H,54,57)(H,55,61)(H,56,62);1-2H3/p+1/t39-,42?,43?,44?,45?,46?,47+,50-,51+;/m0./s1. The number of carbonyl (C=O) groups is 2. The number of hydrogen-bond acceptors (Lipinski definition) is 8. The molecule has 4 aliphatic carbocycles. The molecule has 0 aliphatic heterocycles. The summed E-state index contributed by atoms with van der Waals surface area (Å²) in [5, 5.41) is 6.27. The van der Waals surface area contributed by atoms with Crippen LogP contribution in [0.1, 0.15) is 158 Å². The summed E-state index contributed by atoms with van der Waals surface area (Å²) >= 11 is 0. The minimum absolute atomic E-state index is 0.0338. The van der Waals surface area contributed by atoms with Crippen LogP contribution in [0.15, 0.2) is 24.2 Å². The smallest absolute Gasteiger partial charge is 0.407 e. The number of quaternary nitrogens is 1. The fourth-order valence-corrected chi connectivity index (χ4v) is 13.0. The molecule has 9 atom stereocenters. The Kier molecular flexibility index (Phi) is 23.8. The van der Waals surface area contributed by atoms with E-state index in [1.165, 1.54) is 51.4 Å². The quantitative estimate of drug-likeness (QED) is 0.0531. The number of H-pyrrole nitrogens is 1. The zero-order valence-corrected chi connectivity index (χ0v) is 43.2. The zero-order valence-electron chi connectivity index (χ0n) is 43.2. The Balaban J connectivity index is 0.00000456. The van der Waals surface area contributed by atoms with E-state index < -0.39 is 0 Å². The number of ether oxygens (including phenoxy) is 1. The first-order valence-corrected chi connectivity index (χ1v) is 26.9. The van der Waals surface area contributed by atoms with Crippen molar-refractivity contribution in [2.24, 2.45) is 52.1 Å². The molecule has 8 N–H and O–H groups in total. The molecule has 0 radical (unpaired) electrons. The van der Waals surface area contributed by atoms with Crippen LogP contribution >= 0.6 is 0 Å². The van der Waals surface area contributed by atoms with Crippen LogP contribution in [0.4, 0.5) is 4.79 Å². The van der Waals surface area contributed by atoms with Gasteiger partial charge in [-0.1, -0.05) is 99.6 Å². The van der Waals surface area contributed by atoms with Crippen LogP contribution in [0.5, 0.6) is 0 Å². The molecule has 12 heteroatoms. The van der Waals surface area contributed by atoms with Crippen molar-refractivity contribution in [2.75, 3.05) is 78.5 Å². The Hall–Kier alpha value is -2.51. The summed E-state index contributed by atoms with van der Waals surface area (Å²) < 4.78 is 6.21. The van der Waals surface area contributed by atoms with Gasteiger partial charge in [0, 0.05) is 83.8 Å². The van der Waals surface area contributed by atoms with Gasteiger partial charge in [0.1, 0.15) is 6.10 Å². The van der Waals surface area contributed by atoms with Crippen molar-refractivity contribution >= 4 is 12.0 Å². The lowest BCUT2D eigenvalue weighted by atomic mass is 9.47. The fourth-order valence-electron chi connectivity index (χ4n) is 13.0. The van der Waals surface area contributed by atoms with Crippen LogP contribution in [-0.4, -0.2) is 127 Å². The number of aromatic nitrogens is 2. The number of nitrogens with two attached hydrogens (primary N) is 1. The maximum Gasteiger partial charge on any atom is 0.407 e. The Morgan fingerprint density at radius 1 is 0.862 bits per heavy atom. The van der Waals surface area contributed by atoms with Gasteiger partial charge in [0.25, 0.3) is 5.91 Å². The third-order valence-corrected chi connectivity index (χ3v) is 16.6. The van der Waals surface area contributed by atoms with Gasteiger partial charge in [-0.05, 0) is 117 Å². The Labute approximate surface area is 397 Å². The first-order valence-electron chi connectivity index (χ1n) is 26.9. The van der Waals surface area contributed by atoms with Gasteiger partial charge in [-0.2, -0.15) is 0 Å². The van der Waals surface area contributed by atoms with Crippen LogP contribution in [0, 0.1) is 46.3 Å². The number of rotatable bonds is 28. The lowest BCUT2D eigenvalue weighted by molar-refractivity contribution is -0.403. The summed E-state index contributed by atoms with van der Waals surface area (Å²) in [5.74, 6) is 4.92. The molecule has 5 unspecified atom stereocenters. The molecule has 0 spiro atoms. The second-order valence-corrected chi connectivity index (χ2v) is 21.4. The average Bonchev–Trinajstić information content (AvgIpc) is 3.94. The molecule has 1 heterocycles. The van der Waals surface area contributed by atoms with Crippen LogP contribution < -0.4 is 22.1 Å². The highest BCUT2D eigenvalue weighted by Gasteiger charge is 2.59. The van der Waals surface area contributed by atoms with E-state index in [4.69, 9.17) is 10.5 Å². The summed E-state index contributed by atoms with van der Waals surface area (Å²) in [6.07, 6.45) is 23.5. The molecule has 4 aliphatic rings. The predicted octanol–water partition coefficient (Wildman–Crippen LogP) is 7.92. The molecule has 3 saturated carbocycles. The van der Waals surface area contributed by atoms with Crippen molar-refractivity contribution in [1.82, 2.24) is 35.3 Å². The van der Waals surface area contributed by atoms with E-state index in [1.54, 1.807) is 18.1 Å². The van der Waals surface area contributed by atoms with Gasteiger partial charge in [0.2, 0.25) is 0 Å². The van der Waals surface area contributed by atoms with Crippen molar-refractivity contribution in [3.8, 4) is 0 Å². The number of alkyl carbamates (subject to hydrolysis) is 1. The van der Waals surface area contributed by atoms with E-state index in [0.717, 1.165) is 139 Å². The third-order valence-electron chi connectivity index (χ3n) is 16.6. The molecule has 374 valence electrons. The SMILES string of the molecule is CC.CCCCN(CCNC(=O)[C@H]([NH3+])Cc1cnc[nH]1)CCN(CCNC(=O)OC1CC[C@@]2(C)C(=CCC3C4CCC([C@@H](C)CCCC(C)C)[C@@]4(C)CCC32)C1)CCN(CCC)CCN. The molecular weight excluding hydrogens is 811 g/mol. The Bertz CT molecular complexity index is 1520. The molecule has 0 saturated heterocycles. The van der Waals surface area contributed by atoms with E-state index in [-0.39, 0.29) is 29.6 Å². The van der Waals surface area contributed by atoms with E-state index >= 15 is 0 Å². The van der Waals surface area contributed by atoms with Gasteiger partial charge in [-0.15, -0.1) is 0 Å². The van der Waals surface area contributed by atoms with Crippen molar-refractivity contribution in [2.45, 2.75) is 171 Å². The van der Waals surface area contributed by atoms with Gasteiger partial charge >= 0.3 is 6.09 Å². The maximum absolute atomic E-state index is 13.4. The number of nitrogens with one attached hydrogen (secondary N) is 3. The number of amides is 2. The van der Waals surface area contributed by atoms with Gasteiger partial charge < -0.3 is 41.6 Å². The lowest BCUT2D eigenvalue weighted by Crippen LogP contribution is -2.68. The number of nitrogens with zero attached hydrogens (tertiary/aromatic N) is 4. The summed E-state index contributed by atoms with van der Waals surface area (Å²) in [6.45, 7) is 30.8. The van der Waals surface area contributed by atoms with Crippen molar-refractivity contribution in [1.29, 1.82) is 0 Å². The highest BCUT2D eigenvalue weighted by atomic mass is 16.6. The summed E-state index contributed by atoms with van der Waals surface area (Å²) in [4.78, 5) is 40.7. The van der Waals surface area contributed by atoms with E-state index in [2.05, 4.69) is 95.6 Å². The van der Waals surface area contributed by atoms with Gasteiger partial charge in [0.15, 0.2) is 6.04 Å². The zero-order chi connectivity index (χ0) is 47.4. The first kappa shape index (κ1) is 55.1. The predicted molar refractivity (Wildman–Crippen MR) is 268 cm³/mol. The molecule has 1 aromatic heterocycles.